The van der Waals surface area contributed by atoms with Gasteiger partial charge in [0.2, 0.25) is 0 Å². The Morgan fingerprint density at radius 3 is 2.56 bits per heavy atom. The number of nitrogens with one attached hydrogen (secondary N) is 1. The van der Waals surface area contributed by atoms with E-state index >= 15 is 0 Å². The molecular formula is C16H22N2O7. The molecule has 2 atom stereocenters. The second-order valence-electron chi connectivity index (χ2n) is 6.42. The summed E-state index contributed by atoms with van der Waals surface area (Å²) in [6.07, 6.45) is -3.16. The van der Waals surface area contributed by atoms with Crippen molar-refractivity contribution in [1.82, 2.24) is 5.32 Å². The number of hydrogen-bond donors (Lipinski definition) is 3. The molecule has 0 fully saturated rings. The summed E-state index contributed by atoms with van der Waals surface area (Å²) < 4.78 is 5.02. The molecule has 0 saturated carbocycles. The van der Waals surface area contributed by atoms with Crippen molar-refractivity contribution >= 4 is 18.1 Å². The van der Waals surface area contributed by atoms with Crippen molar-refractivity contribution in [1.29, 1.82) is 0 Å². The summed E-state index contributed by atoms with van der Waals surface area (Å²) >= 11 is 0. The van der Waals surface area contributed by atoms with Gasteiger partial charge in [0.25, 0.3) is 5.69 Å². The molecule has 0 saturated heterocycles. The monoisotopic (exact) mass is 354 g/mol. The van der Waals surface area contributed by atoms with Gasteiger partial charge in [-0.1, -0.05) is 6.07 Å². The van der Waals surface area contributed by atoms with Crippen LogP contribution >= 0.6 is 0 Å². The molecule has 0 spiro atoms. The number of ether oxygens (including phenoxy) is 1. The number of alkyl carbamates (subject to hydrolysis) is 1. The lowest BCUT2D eigenvalue weighted by Gasteiger charge is -2.21. The van der Waals surface area contributed by atoms with E-state index in [9.17, 15) is 29.9 Å². The van der Waals surface area contributed by atoms with Gasteiger partial charge in [-0.15, -0.1) is 0 Å². The molecule has 0 radical (unpaired) electrons. The Bertz CT molecular complexity index is 640. The van der Waals surface area contributed by atoms with Crippen LogP contribution in [0, 0.1) is 10.1 Å². The first-order valence-corrected chi connectivity index (χ1v) is 7.61. The molecule has 2 unspecified atom stereocenters. The number of nitrogens with zero attached hydrogens (tertiary/aromatic N) is 1. The lowest BCUT2D eigenvalue weighted by Crippen LogP contribution is -2.34. The van der Waals surface area contributed by atoms with Gasteiger partial charge in [-0.3, -0.25) is 14.9 Å². The van der Waals surface area contributed by atoms with Crippen molar-refractivity contribution in [2.24, 2.45) is 0 Å². The number of benzene rings is 1. The molecule has 25 heavy (non-hydrogen) atoms. The van der Waals surface area contributed by atoms with Crippen molar-refractivity contribution in [2.75, 3.05) is 6.54 Å². The highest BCUT2D eigenvalue weighted by Gasteiger charge is 2.26. The summed E-state index contributed by atoms with van der Waals surface area (Å²) in [6.45, 7) is 5.11. The van der Waals surface area contributed by atoms with Crippen molar-refractivity contribution in [3.05, 3.63) is 39.4 Å². The molecule has 1 aromatic rings. The third kappa shape index (κ3) is 6.48. The molecule has 0 bridgehead atoms. The Labute approximate surface area is 144 Å². The van der Waals surface area contributed by atoms with Crippen LogP contribution in [0.3, 0.4) is 0 Å². The highest BCUT2D eigenvalue weighted by molar-refractivity contribution is 5.76. The minimum atomic E-state index is -1.54. The van der Waals surface area contributed by atoms with Crippen LogP contribution in [0.25, 0.3) is 0 Å². The first-order chi connectivity index (χ1) is 11.5. The van der Waals surface area contributed by atoms with E-state index in [1.54, 1.807) is 20.8 Å². The summed E-state index contributed by atoms with van der Waals surface area (Å²) in [5.74, 6) is 0. The van der Waals surface area contributed by atoms with Crippen LogP contribution in [0.4, 0.5) is 10.5 Å². The Hall–Kier alpha value is -2.52. The fourth-order valence-electron chi connectivity index (χ4n) is 2.04. The van der Waals surface area contributed by atoms with Gasteiger partial charge < -0.3 is 20.3 Å². The lowest BCUT2D eigenvalue weighted by atomic mass is 9.99. The van der Waals surface area contributed by atoms with E-state index in [0.29, 0.717) is 6.29 Å². The summed E-state index contributed by atoms with van der Waals surface area (Å²) in [7, 11) is 0. The summed E-state index contributed by atoms with van der Waals surface area (Å²) in [5.41, 5.74) is -1.15. The number of aliphatic hydroxyl groups excluding tert-OH is 2. The number of nitro benzene ring substituents is 1. The number of aliphatic hydroxyl groups is 2. The second-order valence-corrected chi connectivity index (χ2v) is 6.42. The van der Waals surface area contributed by atoms with Gasteiger partial charge in [0.15, 0.2) is 0 Å². The maximum absolute atomic E-state index is 11.5. The largest absolute Gasteiger partial charge is 0.444 e. The van der Waals surface area contributed by atoms with Crippen molar-refractivity contribution in [3.63, 3.8) is 0 Å². The van der Waals surface area contributed by atoms with Crippen LogP contribution in [0.1, 0.15) is 49.2 Å². The molecule has 0 aromatic heterocycles. The van der Waals surface area contributed by atoms with Crippen LogP contribution in [0.2, 0.25) is 0 Å². The first kappa shape index (κ1) is 20.5. The molecule has 9 heteroatoms. The summed E-state index contributed by atoms with van der Waals surface area (Å²) in [5, 5.41) is 33.7. The molecule has 1 aromatic carbocycles. The van der Waals surface area contributed by atoms with E-state index in [0.717, 1.165) is 6.07 Å². The van der Waals surface area contributed by atoms with E-state index in [4.69, 9.17) is 4.74 Å². The maximum Gasteiger partial charge on any atom is 0.407 e. The van der Waals surface area contributed by atoms with Gasteiger partial charge in [-0.05, 0) is 33.3 Å². The third-order valence-corrected chi connectivity index (χ3v) is 3.18. The van der Waals surface area contributed by atoms with Crippen LogP contribution in [-0.2, 0) is 4.74 Å². The average Bonchev–Trinajstić information content (AvgIpc) is 2.51. The number of hydrogen-bond acceptors (Lipinski definition) is 7. The highest BCUT2D eigenvalue weighted by Crippen LogP contribution is 2.29. The van der Waals surface area contributed by atoms with Crippen LogP contribution in [-0.4, -0.2) is 45.8 Å². The number of nitro groups is 1. The quantitative estimate of drug-likeness (QED) is 0.385. The zero-order valence-corrected chi connectivity index (χ0v) is 14.3. The zero-order valence-electron chi connectivity index (χ0n) is 14.3. The third-order valence-electron chi connectivity index (χ3n) is 3.18. The Balaban J connectivity index is 2.70. The van der Waals surface area contributed by atoms with Gasteiger partial charge >= 0.3 is 6.09 Å². The van der Waals surface area contributed by atoms with E-state index in [-0.39, 0.29) is 24.1 Å². The number of carbonyl (C=O) groups is 2. The predicted octanol–water partition coefficient (Wildman–Crippen LogP) is 1.72. The number of rotatable bonds is 7. The second kappa shape index (κ2) is 8.54. The SMILES string of the molecule is CC(C)(C)OC(=O)NCCC(O)C(O)c1ccc(C=O)cc1[N+](=O)[O-]. The minimum absolute atomic E-state index is 0.00730. The maximum atomic E-state index is 11.5. The molecular weight excluding hydrogens is 332 g/mol. The van der Waals surface area contributed by atoms with Crippen LogP contribution in [0.15, 0.2) is 18.2 Å². The molecule has 138 valence electrons. The highest BCUT2D eigenvalue weighted by atomic mass is 16.6. The number of aldehydes is 1. The van der Waals surface area contributed by atoms with Crippen LogP contribution in [0.5, 0.6) is 0 Å². The lowest BCUT2D eigenvalue weighted by molar-refractivity contribution is -0.386. The van der Waals surface area contributed by atoms with Gasteiger partial charge in [0.1, 0.15) is 18.0 Å². The Morgan fingerprint density at radius 1 is 1.40 bits per heavy atom. The van der Waals surface area contributed by atoms with E-state index in [1.807, 2.05) is 0 Å². The predicted molar refractivity (Wildman–Crippen MR) is 88.3 cm³/mol. The van der Waals surface area contributed by atoms with Crippen LogP contribution < -0.4 is 5.32 Å². The molecule has 9 nitrogen and oxygen atoms in total. The van der Waals surface area contributed by atoms with Crippen molar-refractivity contribution in [3.8, 4) is 0 Å². The smallest absolute Gasteiger partial charge is 0.407 e. The van der Waals surface area contributed by atoms with Crippen molar-refractivity contribution in [2.45, 2.75) is 45.0 Å². The summed E-state index contributed by atoms with van der Waals surface area (Å²) in [4.78, 5) is 32.5. The number of amides is 1. The fraction of sp³-hybridized carbons (Fsp3) is 0.500. The van der Waals surface area contributed by atoms with Gasteiger partial charge in [0, 0.05) is 18.2 Å². The Kier molecular flexibility index (Phi) is 7.01. The fourth-order valence-corrected chi connectivity index (χ4v) is 2.04. The van der Waals surface area contributed by atoms with Crippen molar-refractivity contribution < 1.29 is 29.5 Å². The Morgan fingerprint density at radius 2 is 2.04 bits per heavy atom. The molecule has 0 aliphatic carbocycles. The average molecular weight is 354 g/mol. The molecule has 0 aliphatic heterocycles. The minimum Gasteiger partial charge on any atom is -0.444 e. The normalized spacial score (nSPS) is 13.6. The molecule has 3 N–H and O–H groups in total. The molecule has 0 aliphatic rings. The van der Waals surface area contributed by atoms with E-state index in [2.05, 4.69) is 5.32 Å². The van der Waals surface area contributed by atoms with Gasteiger partial charge in [0.05, 0.1) is 16.6 Å². The first-order valence-electron chi connectivity index (χ1n) is 7.61. The van der Waals surface area contributed by atoms with E-state index < -0.39 is 34.5 Å². The molecule has 1 rings (SSSR count). The van der Waals surface area contributed by atoms with E-state index in [1.165, 1.54) is 12.1 Å². The molecule has 1 amide bonds. The molecule has 0 heterocycles. The summed E-state index contributed by atoms with van der Waals surface area (Å²) in [6, 6.07) is 3.55. The topological polar surface area (TPSA) is 139 Å². The standard InChI is InChI=1S/C16H22N2O7/c1-16(2,3)25-15(22)17-7-6-13(20)14(21)11-5-4-10(9-19)8-12(11)18(23)24/h4-5,8-9,13-14,20-21H,6-7H2,1-3H3,(H,17,22). The van der Waals surface area contributed by atoms with Gasteiger partial charge in [-0.25, -0.2) is 4.79 Å². The number of carbonyl (C=O) groups excluding carboxylic acids is 2. The van der Waals surface area contributed by atoms with Gasteiger partial charge in [-0.2, -0.15) is 0 Å². The zero-order chi connectivity index (χ0) is 19.2.